The Kier molecular flexibility index (Phi) is 3.90. The van der Waals surface area contributed by atoms with Crippen molar-refractivity contribution >= 4 is 11.7 Å². The molecule has 0 N–H and O–H groups in total. The normalized spacial score (nSPS) is 22.8. The Morgan fingerprint density at radius 1 is 1.61 bits per heavy atom. The molecule has 1 aromatic heterocycles. The van der Waals surface area contributed by atoms with E-state index in [0.717, 1.165) is 0 Å². The van der Waals surface area contributed by atoms with E-state index in [1.165, 1.54) is 6.33 Å². The summed E-state index contributed by atoms with van der Waals surface area (Å²) in [4.78, 5) is 21.7. The van der Waals surface area contributed by atoms with Crippen molar-refractivity contribution in [2.24, 2.45) is 5.92 Å². The first-order valence-corrected chi connectivity index (χ1v) is 5.82. The fourth-order valence-corrected chi connectivity index (χ4v) is 1.90. The van der Waals surface area contributed by atoms with E-state index >= 15 is 0 Å². The molecule has 1 saturated heterocycles. The average Bonchev–Trinajstić information content (AvgIpc) is 2.68. The van der Waals surface area contributed by atoms with Crippen LogP contribution < -0.4 is 4.90 Å². The van der Waals surface area contributed by atoms with Crippen LogP contribution in [0.3, 0.4) is 0 Å². The largest absolute Gasteiger partial charge is 0.363 e. The summed E-state index contributed by atoms with van der Waals surface area (Å²) in [6.45, 7) is 4.51. The van der Waals surface area contributed by atoms with Crippen LogP contribution in [0.15, 0.2) is 18.6 Å². The van der Waals surface area contributed by atoms with Crippen LogP contribution in [0, 0.1) is 17.8 Å². The lowest BCUT2D eigenvalue weighted by molar-refractivity contribution is -0.121. The van der Waals surface area contributed by atoms with E-state index < -0.39 is 0 Å². The first-order valence-electron chi connectivity index (χ1n) is 5.82. The van der Waals surface area contributed by atoms with E-state index in [9.17, 15) is 4.79 Å². The van der Waals surface area contributed by atoms with Gasteiger partial charge >= 0.3 is 0 Å². The number of ether oxygens (including phenoxy) is 1. The van der Waals surface area contributed by atoms with Gasteiger partial charge in [0.05, 0.1) is 18.6 Å². The lowest BCUT2D eigenvalue weighted by Gasteiger charge is -2.14. The standard InChI is InChI=1S/C13H15N3O2/c1-3-4-7-18-11-8-16(13(17)10(11)2)12-5-6-14-9-15-12/h5-6,9-11H,7-8H2,1-2H3. The fraction of sp³-hybridized carbons (Fsp3) is 0.462. The molecule has 94 valence electrons. The van der Waals surface area contributed by atoms with Gasteiger partial charge in [0.15, 0.2) is 0 Å². The average molecular weight is 245 g/mol. The zero-order valence-corrected chi connectivity index (χ0v) is 10.5. The van der Waals surface area contributed by atoms with Crippen LogP contribution in [0.25, 0.3) is 0 Å². The Morgan fingerprint density at radius 2 is 2.44 bits per heavy atom. The number of carbonyl (C=O) groups is 1. The third-order valence-corrected chi connectivity index (χ3v) is 2.97. The lowest BCUT2D eigenvalue weighted by Crippen LogP contribution is -2.27. The summed E-state index contributed by atoms with van der Waals surface area (Å²) in [5, 5.41) is 0. The summed E-state index contributed by atoms with van der Waals surface area (Å²) < 4.78 is 5.60. The highest BCUT2D eigenvalue weighted by atomic mass is 16.5. The topological polar surface area (TPSA) is 55.3 Å². The Bertz CT molecular complexity index is 478. The molecule has 0 aromatic carbocycles. The number of hydrogen-bond acceptors (Lipinski definition) is 4. The van der Waals surface area contributed by atoms with Crippen LogP contribution in [-0.4, -0.2) is 35.1 Å². The molecular weight excluding hydrogens is 230 g/mol. The van der Waals surface area contributed by atoms with Gasteiger partial charge in [0.25, 0.3) is 0 Å². The molecule has 0 bridgehead atoms. The lowest BCUT2D eigenvalue weighted by atomic mass is 10.1. The van der Waals surface area contributed by atoms with Crippen molar-refractivity contribution in [3.8, 4) is 11.8 Å². The minimum Gasteiger partial charge on any atom is -0.363 e. The second-order valence-corrected chi connectivity index (χ2v) is 4.08. The SMILES string of the molecule is CC#CCOC1CN(c2ccncn2)C(=O)C1C. The van der Waals surface area contributed by atoms with Crippen LogP contribution >= 0.6 is 0 Å². The van der Waals surface area contributed by atoms with E-state index in [0.29, 0.717) is 19.0 Å². The van der Waals surface area contributed by atoms with E-state index in [1.807, 2.05) is 6.92 Å². The molecule has 1 aliphatic heterocycles. The number of nitrogens with zero attached hydrogens (tertiary/aromatic N) is 3. The molecule has 5 nitrogen and oxygen atoms in total. The van der Waals surface area contributed by atoms with E-state index in [-0.39, 0.29) is 17.9 Å². The van der Waals surface area contributed by atoms with Crippen LogP contribution in [0.1, 0.15) is 13.8 Å². The van der Waals surface area contributed by atoms with Gasteiger partial charge in [-0.1, -0.05) is 12.8 Å². The van der Waals surface area contributed by atoms with Crippen molar-refractivity contribution in [1.82, 2.24) is 9.97 Å². The molecule has 0 radical (unpaired) electrons. The third-order valence-electron chi connectivity index (χ3n) is 2.97. The Hall–Kier alpha value is -1.93. The molecule has 1 fully saturated rings. The smallest absolute Gasteiger partial charge is 0.233 e. The highest BCUT2D eigenvalue weighted by Gasteiger charge is 2.39. The van der Waals surface area contributed by atoms with Crippen molar-refractivity contribution in [2.45, 2.75) is 20.0 Å². The number of hydrogen-bond donors (Lipinski definition) is 0. The number of carbonyl (C=O) groups excluding carboxylic acids is 1. The number of amides is 1. The Labute approximate surface area is 106 Å². The van der Waals surface area contributed by atoms with Crippen molar-refractivity contribution in [3.05, 3.63) is 18.6 Å². The maximum absolute atomic E-state index is 12.1. The maximum Gasteiger partial charge on any atom is 0.233 e. The summed E-state index contributed by atoms with van der Waals surface area (Å²) in [6, 6.07) is 1.72. The van der Waals surface area contributed by atoms with Crippen LogP contribution in [0.5, 0.6) is 0 Å². The number of rotatable bonds is 3. The molecule has 1 aliphatic rings. The van der Waals surface area contributed by atoms with Crippen LogP contribution in [0.2, 0.25) is 0 Å². The number of anilines is 1. The third kappa shape index (κ3) is 2.49. The summed E-state index contributed by atoms with van der Waals surface area (Å²) in [7, 11) is 0. The Morgan fingerprint density at radius 3 is 3.11 bits per heavy atom. The quantitative estimate of drug-likeness (QED) is 0.741. The molecular formula is C13H15N3O2. The Balaban J connectivity index is 2.07. The minimum absolute atomic E-state index is 0.0307. The summed E-state index contributed by atoms with van der Waals surface area (Å²) in [5.41, 5.74) is 0. The van der Waals surface area contributed by atoms with E-state index in [4.69, 9.17) is 4.74 Å². The van der Waals surface area contributed by atoms with Gasteiger partial charge in [-0.15, -0.1) is 5.92 Å². The number of aromatic nitrogens is 2. The monoisotopic (exact) mass is 245 g/mol. The molecule has 0 saturated carbocycles. The van der Waals surface area contributed by atoms with Gasteiger partial charge in [0, 0.05) is 6.20 Å². The van der Waals surface area contributed by atoms with Crippen molar-refractivity contribution in [1.29, 1.82) is 0 Å². The second-order valence-electron chi connectivity index (χ2n) is 4.08. The zero-order valence-electron chi connectivity index (χ0n) is 10.5. The molecule has 2 atom stereocenters. The van der Waals surface area contributed by atoms with Gasteiger partial charge in [-0.05, 0) is 13.0 Å². The molecule has 2 heterocycles. The second kappa shape index (κ2) is 5.61. The summed E-state index contributed by atoms with van der Waals surface area (Å²) in [5.74, 6) is 6.09. The molecule has 5 heteroatoms. The highest BCUT2D eigenvalue weighted by molar-refractivity contribution is 5.96. The highest BCUT2D eigenvalue weighted by Crippen LogP contribution is 2.25. The molecule has 0 aliphatic carbocycles. The van der Waals surface area contributed by atoms with Crippen LogP contribution in [-0.2, 0) is 9.53 Å². The predicted molar refractivity (Wildman–Crippen MR) is 66.7 cm³/mol. The zero-order chi connectivity index (χ0) is 13.0. The van der Waals surface area contributed by atoms with Gasteiger partial charge in [-0.25, -0.2) is 9.97 Å². The first kappa shape index (κ1) is 12.5. The van der Waals surface area contributed by atoms with Crippen LogP contribution in [0.4, 0.5) is 5.82 Å². The summed E-state index contributed by atoms with van der Waals surface area (Å²) in [6.07, 6.45) is 2.93. The van der Waals surface area contributed by atoms with Crippen molar-refractivity contribution < 1.29 is 9.53 Å². The van der Waals surface area contributed by atoms with Gasteiger partial charge in [0.1, 0.15) is 18.8 Å². The predicted octanol–water partition coefficient (Wildman–Crippen LogP) is 0.868. The van der Waals surface area contributed by atoms with Gasteiger partial charge < -0.3 is 4.74 Å². The molecule has 1 amide bonds. The van der Waals surface area contributed by atoms with Gasteiger partial charge in [-0.2, -0.15) is 0 Å². The molecule has 1 aromatic rings. The maximum atomic E-state index is 12.1. The van der Waals surface area contributed by atoms with E-state index in [2.05, 4.69) is 21.8 Å². The molecule has 0 spiro atoms. The minimum atomic E-state index is -0.168. The molecule has 2 unspecified atom stereocenters. The van der Waals surface area contributed by atoms with Gasteiger partial charge in [0.2, 0.25) is 5.91 Å². The summed E-state index contributed by atoms with van der Waals surface area (Å²) >= 11 is 0. The van der Waals surface area contributed by atoms with Gasteiger partial charge in [-0.3, -0.25) is 9.69 Å². The van der Waals surface area contributed by atoms with Crippen molar-refractivity contribution in [2.75, 3.05) is 18.1 Å². The van der Waals surface area contributed by atoms with Crippen molar-refractivity contribution in [3.63, 3.8) is 0 Å². The molecule has 18 heavy (non-hydrogen) atoms. The van der Waals surface area contributed by atoms with E-state index in [1.54, 1.807) is 24.1 Å². The first-order chi connectivity index (χ1) is 8.74. The molecule has 2 rings (SSSR count). The fourth-order valence-electron chi connectivity index (χ4n) is 1.90.